The molecule has 0 aliphatic rings. The molecule has 0 saturated heterocycles. The molecule has 224 valence electrons. The molecule has 2 aromatic rings. The number of ether oxygens (including phenoxy) is 2. The van der Waals surface area contributed by atoms with E-state index >= 15 is 0 Å². The van der Waals surface area contributed by atoms with Crippen molar-refractivity contribution in [3.05, 3.63) is 71.8 Å². The van der Waals surface area contributed by atoms with Gasteiger partial charge in [0.2, 0.25) is 5.91 Å². The van der Waals surface area contributed by atoms with E-state index < -0.39 is 18.1 Å². The van der Waals surface area contributed by atoms with Gasteiger partial charge in [-0.05, 0) is 53.0 Å². The van der Waals surface area contributed by atoms with Gasteiger partial charge in [0.05, 0.1) is 13.2 Å². The van der Waals surface area contributed by atoms with Gasteiger partial charge in [-0.3, -0.25) is 14.4 Å². The predicted molar refractivity (Wildman–Crippen MR) is 176 cm³/mol. The molecule has 0 saturated carbocycles. The zero-order chi connectivity index (χ0) is 29.7. The molecule has 0 aliphatic heterocycles. The summed E-state index contributed by atoms with van der Waals surface area (Å²) < 4.78 is 14.0. The van der Waals surface area contributed by atoms with Crippen LogP contribution in [0, 0.1) is 0 Å². The maximum Gasteiger partial charge on any atom is 0.328 e. The second kappa shape index (κ2) is 21.6. The molecule has 1 amide bonds. The molecule has 10 heteroatoms. The third-order valence-corrected chi connectivity index (χ3v) is 7.70. The number of rotatable bonds is 21. The fourth-order valence-corrected chi connectivity index (χ4v) is 5.04. The molecule has 2 rings (SSSR count). The standard InChI is InChI=1S/C31H40I2N2O6/c32-28(36)18-11-3-1-2-4-12-19-29(37)34-26(22-24-14-7-5-8-15-24)30(38)40-20-13-21-41-31(39)27(35-33)23-25-16-9-6-10-17-25/h5-10,14-17,26-27,35H,1-4,11-13,18-23H2,(H,34,37). The number of unbranched alkanes of at least 4 members (excludes halogenated alkanes) is 5. The maximum absolute atomic E-state index is 12.9. The number of halogens is 2. The van der Waals surface area contributed by atoms with E-state index in [2.05, 4.69) is 8.85 Å². The van der Waals surface area contributed by atoms with Crippen molar-refractivity contribution in [3.8, 4) is 0 Å². The normalized spacial score (nSPS) is 12.2. The number of amides is 1. The summed E-state index contributed by atoms with van der Waals surface area (Å²) in [6.45, 7) is 0.206. The van der Waals surface area contributed by atoms with Crippen LogP contribution in [-0.4, -0.2) is 46.9 Å². The van der Waals surface area contributed by atoms with Crippen LogP contribution in [0.15, 0.2) is 60.7 Å². The van der Waals surface area contributed by atoms with E-state index in [1.165, 1.54) is 0 Å². The van der Waals surface area contributed by atoms with Crippen LogP contribution in [0.25, 0.3) is 0 Å². The third kappa shape index (κ3) is 16.2. The Morgan fingerprint density at radius 1 is 0.634 bits per heavy atom. The first kappa shape index (κ1) is 35.1. The zero-order valence-corrected chi connectivity index (χ0v) is 27.6. The minimum absolute atomic E-state index is 0.0808. The Labute approximate surface area is 270 Å². The number of esters is 2. The van der Waals surface area contributed by atoms with E-state index in [1.54, 1.807) is 0 Å². The summed E-state index contributed by atoms with van der Waals surface area (Å²) in [4.78, 5) is 48.9. The predicted octanol–water partition coefficient (Wildman–Crippen LogP) is 5.82. The van der Waals surface area contributed by atoms with Crippen LogP contribution in [0.2, 0.25) is 0 Å². The van der Waals surface area contributed by atoms with Crippen molar-refractivity contribution in [1.29, 1.82) is 0 Å². The SMILES string of the molecule is O=C(I)CCCCCCCCC(=O)NC(Cc1ccccc1)C(=O)OCCCOC(=O)C(Cc1ccccc1)NI. The summed E-state index contributed by atoms with van der Waals surface area (Å²) in [5.74, 6) is -1.04. The van der Waals surface area contributed by atoms with E-state index in [4.69, 9.17) is 9.47 Å². The van der Waals surface area contributed by atoms with Gasteiger partial charge in [-0.15, -0.1) is 0 Å². The van der Waals surface area contributed by atoms with Gasteiger partial charge in [-0.25, -0.2) is 8.32 Å². The van der Waals surface area contributed by atoms with Crippen LogP contribution in [0.4, 0.5) is 0 Å². The van der Waals surface area contributed by atoms with E-state index in [0.29, 0.717) is 32.1 Å². The molecule has 0 fully saturated rings. The molecule has 2 N–H and O–H groups in total. The molecular formula is C31H40I2N2O6. The average Bonchev–Trinajstić information content (AvgIpc) is 2.97. The van der Waals surface area contributed by atoms with Crippen molar-refractivity contribution in [2.45, 2.75) is 82.7 Å². The highest BCUT2D eigenvalue weighted by atomic mass is 127. The first-order chi connectivity index (χ1) is 19.9. The van der Waals surface area contributed by atoms with Crippen LogP contribution >= 0.6 is 45.5 Å². The fraction of sp³-hybridized carbons (Fsp3) is 0.484. The van der Waals surface area contributed by atoms with Crippen molar-refractivity contribution < 1.29 is 28.7 Å². The average molecular weight is 790 g/mol. The second-order valence-corrected chi connectivity index (χ2v) is 11.7. The summed E-state index contributed by atoms with van der Waals surface area (Å²) in [6, 6.07) is 17.9. The van der Waals surface area contributed by atoms with E-state index in [0.717, 1.165) is 49.7 Å². The van der Waals surface area contributed by atoms with Crippen LogP contribution < -0.4 is 8.85 Å². The Hall–Kier alpha value is -2.06. The molecule has 0 bridgehead atoms. The molecule has 0 spiro atoms. The van der Waals surface area contributed by atoms with Gasteiger partial charge in [-0.2, -0.15) is 0 Å². The van der Waals surface area contributed by atoms with Crippen molar-refractivity contribution in [2.75, 3.05) is 13.2 Å². The lowest BCUT2D eigenvalue weighted by Crippen LogP contribution is -2.43. The molecular weight excluding hydrogens is 750 g/mol. The number of hydrogen-bond acceptors (Lipinski definition) is 7. The smallest absolute Gasteiger partial charge is 0.328 e. The Balaban J connectivity index is 1.73. The first-order valence-corrected chi connectivity index (χ1v) is 16.3. The van der Waals surface area contributed by atoms with E-state index in [-0.39, 0.29) is 28.9 Å². The Kier molecular flexibility index (Phi) is 18.5. The molecule has 0 radical (unpaired) electrons. The number of nitrogens with one attached hydrogen (secondary N) is 2. The Morgan fingerprint density at radius 3 is 1.61 bits per heavy atom. The highest BCUT2D eigenvalue weighted by Crippen LogP contribution is 2.11. The molecule has 2 aromatic carbocycles. The molecule has 0 aliphatic carbocycles. The highest BCUT2D eigenvalue weighted by molar-refractivity contribution is 14.1. The van der Waals surface area contributed by atoms with Gasteiger partial charge >= 0.3 is 11.9 Å². The van der Waals surface area contributed by atoms with Gasteiger partial charge in [-0.1, -0.05) is 86.3 Å². The number of carbonyl (C=O) groups is 4. The fourth-order valence-electron chi connectivity index (χ4n) is 4.19. The molecule has 41 heavy (non-hydrogen) atoms. The molecule has 2 unspecified atom stereocenters. The lowest BCUT2D eigenvalue weighted by atomic mass is 10.1. The Bertz CT molecular complexity index is 1060. The van der Waals surface area contributed by atoms with Crippen molar-refractivity contribution in [3.63, 3.8) is 0 Å². The number of carbonyl (C=O) groups excluding carboxylic acids is 4. The quantitative estimate of drug-likeness (QED) is 0.0540. The summed E-state index contributed by atoms with van der Waals surface area (Å²) in [7, 11) is 0. The van der Waals surface area contributed by atoms with Crippen LogP contribution in [-0.2, 0) is 41.5 Å². The molecule has 2 atom stereocenters. The lowest BCUT2D eigenvalue weighted by Gasteiger charge is -2.18. The van der Waals surface area contributed by atoms with E-state index in [9.17, 15) is 19.2 Å². The minimum Gasteiger partial charge on any atom is -0.464 e. The maximum atomic E-state index is 12.9. The van der Waals surface area contributed by atoms with Crippen LogP contribution in [0.1, 0.15) is 68.9 Å². The molecule has 0 heterocycles. The molecule has 0 aromatic heterocycles. The van der Waals surface area contributed by atoms with Crippen LogP contribution in [0.5, 0.6) is 0 Å². The summed E-state index contributed by atoms with van der Waals surface area (Å²) in [6.07, 6.45) is 7.84. The van der Waals surface area contributed by atoms with Crippen molar-refractivity contribution >= 4 is 67.1 Å². The monoisotopic (exact) mass is 790 g/mol. The minimum atomic E-state index is -0.795. The topological polar surface area (TPSA) is 111 Å². The second-order valence-electron chi connectivity index (χ2n) is 9.83. The van der Waals surface area contributed by atoms with Gasteiger partial charge in [0, 0.05) is 48.5 Å². The van der Waals surface area contributed by atoms with Crippen molar-refractivity contribution in [1.82, 2.24) is 8.85 Å². The number of benzene rings is 2. The van der Waals surface area contributed by atoms with Gasteiger partial charge in [0.25, 0.3) is 0 Å². The van der Waals surface area contributed by atoms with Gasteiger partial charge in [0.15, 0.2) is 3.79 Å². The van der Waals surface area contributed by atoms with Crippen LogP contribution in [0.3, 0.4) is 0 Å². The zero-order valence-electron chi connectivity index (χ0n) is 23.3. The van der Waals surface area contributed by atoms with Gasteiger partial charge < -0.3 is 14.8 Å². The lowest BCUT2D eigenvalue weighted by molar-refractivity contribution is -0.149. The first-order valence-electron chi connectivity index (χ1n) is 14.1. The third-order valence-electron chi connectivity index (χ3n) is 6.41. The number of hydrogen-bond donors (Lipinski definition) is 2. The van der Waals surface area contributed by atoms with E-state index in [1.807, 2.05) is 106 Å². The summed E-state index contributed by atoms with van der Waals surface area (Å²) in [5, 5.41) is 2.85. The Morgan fingerprint density at radius 2 is 1.10 bits per heavy atom. The summed E-state index contributed by atoms with van der Waals surface area (Å²) >= 11 is 3.78. The molecule has 8 nitrogen and oxygen atoms in total. The summed E-state index contributed by atoms with van der Waals surface area (Å²) in [5.41, 5.74) is 1.95. The van der Waals surface area contributed by atoms with Crippen molar-refractivity contribution in [2.24, 2.45) is 0 Å². The van der Waals surface area contributed by atoms with Gasteiger partial charge in [0.1, 0.15) is 12.1 Å². The highest BCUT2D eigenvalue weighted by Gasteiger charge is 2.23. The largest absolute Gasteiger partial charge is 0.464 e.